The van der Waals surface area contributed by atoms with Crippen LogP contribution in [0.2, 0.25) is 0 Å². The Morgan fingerprint density at radius 1 is 1.35 bits per heavy atom. The van der Waals surface area contributed by atoms with Gasteiger partial charge in [-0.25, -0.2) is 0 Å². The fraction of sp³-hybridized carbons (Fsp3) is 0.625. The zero-order chi connectivity index (χ0) is 14.2. The van der Waals surface area contributed by atoms with E-state index < -0.39 is 6.10 Å². The predicted molar refractivity (Wildman–Crippen MR) is 79.1 cm³/mol. The van der Waals surface area contributed by atoms with Crippen LogP contribution in [0.1, 0.15) is 18.4 Å². The molecule has 0 heterocycles. The summed E-state index contributed by atoms with van der Waals surface area (Å²) in [5, 5.41) is 13.0. The van der Waals surface area contributed by atoms with E-state index in [1.165, 1.54) is 12.8 Å². The SMILES string of the molecule is Cc1ccccc1OCC(O)CNCCOCC1CC1. The molecule has 0 saturated heterocycles. The van der Waals surface area contributed by atoms with E-state index in [4.69, 9.17) is 9.47 Å². The minimum absolute atomic E-state index is 0.306. The molecule has 2 rings (SSSR count). The molecule has 20 heavy (non-hydrogen) atoms. The number of hydrogen-bond donors (Lipinski definition) is 2. The Bertz CT molecular complexity index is 393. The molecule has 0 spiro atoms. The maximum absolute atomic E-state index is 9.83. The summed E-state index contributed by atoms with van der Waals surface area (Å²) in [5.74, 6) is 1.64. The van der Waals surface area contributed by atoms with Gasteiger partial charge < -0.3 is 19.9 Å². The lowest BCUT2D eigenvalue weighted by Gasteiger charge is -2.14. The normalized spacial score (nSPS) is 16.1. The highest BCUT2D eigenvalue weighted by molar-refractivity contribution is 5.31. The second-order valence-corrected chi connectivity index (χ2v) is 5.45. The molecular weight excluding hydrogens is 254 g/mol. The molecular formula is C16H25NO3. The van der Waals surface area contributed by atoms with Crippen molar-refractivity contribution in [1.29, 1.82) is 0 Å². The lowest BCUT2D eigenvalue weighted by molar-refractivity contribution is 0.0965. The lowest BCUT2D eigenvalue weighted by atomic mass is 10.2. The van der Waals surface area contributed by atoms with Gasteiger partial charge in [-0.2, -0.15) is 0 Å². The molecule has 2 N–H and O–H groups in total. The van der Waals surface area contributed by atoms with Crippen molar-refractivity contribution in [2.75, 3.05) is 32.9 Å². The summed E-state index contributed by atoms with van der Waals surface area (Å²) in [7, 11) is 0. The molecule has 0 radical (unpaired) electrons. The molecule has 4 heteroatoms. The highest BCUT2D eigenvalue weighted by atomic mass is 16.5. The first-order valence-electron chi connectivity index (χ1n) is 7.40. The van der Waals surface area contributed by atoms with Crippen molar-refractivity contribution < 1.29 is 14.6 Å². The van der Waals surface area contributed by atoms with E-state index in [9.17, 15) is 5.11 Å². The number of aryl methyl sites for hydroxylation is 1. The minimum atomic E-state index is -0.502. The van der Waals surface area contributed by atoms with Crippen molar-refractivity contribution in [2.45, 2.75) is 25.9 Å². The van der Waals surface area contributed by atoms with Gasteiger partial charge in [0.2, 0.25) is 0 Å². The fourth-order valence-corrected chi connectivity index (χ4v) is 1.91. The lowest BCUT2D eigenvalue weighted by Crippen LogP contribution is -2.33. The quantitative estimate of drug-likeness (QED) is 0.641. The smallest absolute Gasteiger partial charge is 0.122 e. The Morgan fingerprint density at radius 2 is 2.15 bits per heavy atom. The van der Waals surface area contributed by atoms with Gasteiger partial charge in [0, 0.05) is 19.7 Å². The average Bonchev–Trinajstić information content (AvgIpc) is 3.26. The van der Waals surface area contributed by atoms with Crippen molar-refractivity contribution in [2.24, 2.45) is 5.92 Å². The van der Waals surface area contributed by atoms with Gasteiger partial charge in [0.25, 0.3) is 0 Å². The number of hydrogen-bond acceptors (Lipinski definition) is 4. The number of para-hydroxylation sites is 1. The van der Waals surface area contributed by atoms with Crippen molar-refractivity contribution in [3.63, 3.8) is 0 Å². The van der Waals surface area contributed by atoms with E-state index in [0.29, 0.717) is 19.8 Å². The van der Waals surface area contributed by atoms with E-state index in [0.717, 1.165) is 30.4 Å². The molecule has 1 saturated carbocycles. The molecule has 1 aliphatic carbocycles. The van der Waals surface area contributed by atoms with Crippen LogP contribution in [0.4, 0.5) is 0 Å². The summed E-state index contributed by atoms with van der Waals surface area (Å²) in [5.41, 5.74) is 1.08. The number of aliphatic hydroxyl groups is 1. The van der Waals surface area contributed by atoms with Gasteiger partial charge in [0.1, 0.15) is 18.5 Å². The summed E-state index contributed by atoms with van der Waals surface area (Å²) in [6.45, 7) is 5.20. The molecule has 0 aromatic heterocycles. The van der Waals surface area contributed by atoms with Crippen LogP contribution in [-0.4, -0.2) is 44.1 Å². The summed E-state index contributed by atoms with van der Waals surface area (Å²) < 4.78 is 11.1. The molecule has 1 aromatic carbocycles. The first-order valence-corrected chi connectivity index (χ1v) is 7.40. The maximum Gasteiger partial charge on any atom is 0.122 e. The highest BCUT2D eigenvalue weighted by Gasteiger charge is 2.20. The van der Waals surface area contributed by atoms with Gasteiger partial charge in [-0.1, -0.05) is 18.2 Å². The monoisotopic (exact) mass is 279 g/mol. The van der Waals surface area contributed by atoms with E-state index >= 15 is 0 Å². The third-order valence-electron chi connectivity index (χ3n) is 3.38. The van der Waals surface area contributed by atoms with Crippen molar-refractivity contribution in [3.05, 3.63) is 29.8 Å². The molecule has 0 bridgehead atoms. The Labute approximate surface area is 121 Å². The summed E-state index contributed by atoms with van der Waals surface area (Å²) in [6, 6.07) is 7.82. The van der Waals surface area contributed by atoms with Crippen LogP contribution in [0, 0.1) is 12.8 Å². The Kier molecular flexibility index (Phi) is 6.30. The standard InChI is InChI=1S/C16H25NO3/c1-13-4-2-3-5-16(13)20-12-15(18)10-17-8-9-19-11-14-6-7-14/h2-5,14-15,17-18H,6-12H2,1H3. The first kappa shape index (κ1) is 15.3. The van der Waals surface area contributed by atoms with Crippen molar-refractivity contribution >= 4 is 0 Å². The Balaban J connectivity index is 1.49. The number of ether oxygens (including phenoxy) is 2. The summed E-state index contributed by atoms with van der Waals surface area (Å²) in [6.07, 6.45) is 2.14. The number of benzene rings is 1. The molecule has 0 amide bonds. The highest BCUT2D eigenvalue weighted by Crippen LogP contribution is 2.28. The number of nitrogens with one attached hydrogen (secondary N) is 1. The predicted octanol–water partition coefficient (Wildman–Crippen LogP) is 1.75. The van der Waals surface area contributed by atoms with Crippen molar-refractivity contribution in [1.82, 2.24) is 5.32 Å². The molecule has 1 atom stereocenters. The van der Waals surface area contributed by atoms with Crippen LogP contribution in [0.15, 0.2) is 24.3 Å². The second kappa shape index (κ2) is 8.25. The fourth-order valence-electron chi connectivity index (χ4n) is 1.91. The summed E-state index contributed by atoms with van der Waals surface area (Å²) in [4.78, 5) is 0. The van der Waals surface area contributed by atoms with E-state index in [2.05, 4.69) is 5.32 Å². The number of rotatable bonds is 10. The summed E-state index contributed by atoms with van der Waals surface area (Å²) >= 11 is 0. The Morgan fingerprint density at radius 3 is 2.90 bits per heavy atom. The molecule has 1 aliphatic rings. The second-order valence-electron chi connectivity index (χ2n) is 5.45. The first-order chi connectivity index (χ1) is 9.75. The van der Waals surface area contributed by atoms with Gasteiger partial charge in [-0.05, 0) is 37.3 Å². The van der Waals surface area contributed by atoms with E-state index in [-0.39, 0.29) is 0 Å². The minimum Gasteiger partial charge on any atom is -0.491 e. The number of aliphatic hydroxyl groups excluding tert-OH is 1. The molecule has 0 aliphatic heterocycles. The van der Waals surface area contributed by atoms with Crippen LogP contribution < -0.4 is 10.1 Å². The van der Waals surface area contributed by atoms with Gasteiger partial charge in [0.05, 0.1) is 6.61 Å². The zero-order valence-corrected chi connectivity index (χ0v) is 12.2. The van der Waals surface area contributed by atoms with Crippen LogP contribution >= 0.6 is 0 Å². The van der Waals surface area contributed by atoms with Crippen molar-refractivity contribution in [3.8, 4) is 5.75 Å². The molecule has 4 nitrogen and oxygen atoms in total. The third kappa shape index (κ3) is 5.90. The van der Waals surface area contributed by atoms with E-state index in [1.807, 2.05) is 31.2 Å². The third-order valence-corrected chi connectivity index (χ3v) is 3.38. The van der Waals surface area contributed by atoms with Gasteiger partial charge in [-0.15, -0.1) is 0 Å². The van der Waals surface area contributed by atoms with Crippen LogP contribution in [0.5, 0.6) is 5.75 Å². The van der Waals surface area contributed by atoms with Gasteiger partial charge in [-0.3, -0.25) is 0 Å². The Hall–Kier alpha value is -1.10. The van der Waals surface area contributed by atoms with E-state index in [1.54, 1.807) is 0 Å². The molecule has 112 valence electrons. The van der Waals surface area contributed by atoms with Crippen LogP contribution in [0.3, 0.4) is 0 Å². The maximum atomic E-state index is 9.83. The molecule has 1 unspecified atom stereocenters. The van der Waals surface area contributed by atoms with Gasteiger partial charge >= 0.3 is 0 Å². The van der Waals surface area contributed by atoms with Gasteiger partial charge in [0.15, 0.2) is 0 Å². The molecule has 1 fully saturated rings. The topological polar surface area (TPSA) is 50.7 Å². The van der Waals surface area contributed by atoms with Crippen LogP contribution in [0.25, 0.3) is 0 Å². The van der Waals surface area contributed by atoms with Crippen LogP contribution in [-0.2, 0) is 4.74 Å². The average molecular weight is 279 g/mol. The zero-order valence-electron chi connectivity index (χ0n) is 12.2. The molecule has 1 aromatic rings. The largest absolute Gasteiger partial charge is 0.491 e.